The fourth-order valence-corrected chi connectivity index (χ4v) is 4.60. The molecule has 1 atom stereocenters. The standard InChI is InChI=1S/C19H22Cl2N4O4S/c1-13-3-2-10-24(12-13)17(26)8-9-23-30(28,29)15-6-4-14(5-7-15)25-19(27)18(21)16(20)11-22-25/h4-7,11,13,23H,2-3,8-10,12H2,1H3. The van der Waals surface area contributed by atoms with Crippen LogP contribution in [0.3, 0.4) is 0 Å². The van der Waals surface area contributed by atoms with Gasteiger partial charge < -0.3 is 4.90 Å². The topological polar surface area (TPSA) is 101 Å². The zero-order valence-electron chi connectivity index (χ0n) is 16.3. The summed E-state index contributed by atoms with van der Waals surface area (Å²) in [7, 11) is -3.80. The van der Waals surface area contributed by atoms with Crippen molar-refractivity contribution in [1.82, 2.24) is 19.4 Å². The minimum atomic E-state index is -3.80. The number of carbonyl (C=O) groups excluding carboxylic acids is 1. The largest absolute Gasteiger partial charge is 0.342 e. The first-order valence-electron chi connectivity index (χ1n) is 9.50. The van der Waals surface area contributed by atoms with E-state index in [-0.39, 0.29) is 33.8 Å². The SMILES string of the molecule is CC1CCCN(C(=O)CCNS(=O)(=O)c2ccc(-n3ncc(Cl)c(Cl)c3=O)cc2)C1. The van der Waals surface area contributed by atoms with Crippen molar-refractivity contribution in [3.63, 3.8) is 0 Å². The molecule has 2 heterocycles. The lowest BCUT2D eigenvalue weighted by atomic mass is 10.0. The van der Waals surface area contributed by atoms with E-state index in [0.717, 1.165) is 30.6 Å². The molecule has 0 bridgehead atoms. The monoisotopic (exact) mass is 472 g/mol. The molecule has 1 aliphatic heterocycles. The highest BCUT2D eigenvalue weighted by Crippen LogP contribution is 2.18. The lowest BCUT2D eigenvalue weighted by Crippen LogP contribution is -2.40. The van der Waals surface area contributed by atoms with Crippen molar-refractivity contribution in [3.05, 3.63) is 50.9 Å². The molecule has 0 saturated carbocycles. The molecule has 30 heavy (non-hydrogen) atoms. The molecule has 0 radical (unpaired) electrons. The number of piperidine rings is 1. The predicted octanol–water partition coefficient (Wildman–Crippen LogP) is 2.47. The third-order valence-electron chi connectivity index (χ3n) is 4.91. The van der Waals surface area contributed by atoms with Crippen molar-refractivity contribution < 1.29 is 13.2 Å². The summed E-state index contributed by atoms with van der Waals surface area (Å²) >= 11 is 11.6. The molecule has 162 valence electrons. The van der Waals surface area contributed by atoms with E-state index in [9.17, 15) is 18.0 Å². The molecule has 11 heteroatoms. The number of aromatic nitrogens is 2. The Balaban J connectivity index is 1.63. The zero-order chi connectivity index (χ0) is 21.9. The van der Waals surface area contributed by atoms with Crippen LogP contribution in [-0.4, -0.2) is 48.6 Å². The maximum absolute atomic E-state index is 12.5. The van der Waals surface area contributed by atoms with E-state index in [1.54, 1.807) is 4.90 Å². The van der Waals surface area contributed by atoms with Crippen molar-refractivity contribution in [2.24, 2.45) is 5.92 Å². The Bertz CT molecular complexity index is 1090. The Morgan fingerprint density at radius 2 is 1.97 bits per heavy atom. The molecule has 1 aromatic carbocycles. The molecule has 1 saturated heterocycles. The van der Waals surface area contributed by atoms with E-state index in [0.29, 0.717) is 11.6 Å². The molecule has 1 aromatic heterocycles. The number of benzene rings is 1. The van der Waals surface area contributed by atoms with Crippen LogP contribution >= 0.6 is 23.2 Å². The smallest absolute Gasteiger partial charge is 0.291 e. The quantitative estimate of drug-likeness (QED) is 0.695. The zero-order valence-corrected chi connectivity index (χ0v) is 18.7. The number of likely N-dealkylation sites (tertiary alicyclic amines) is 1. The minimum Gasteiger partial charge on any atom is -0.342 e. The summed E-state index contributed by atoms with van der Waals surface area (Å²) in [6.07, 6.45) is 3.42. The Labute approximate surface area is 184 Å². The first-order chi connectivity index (χ1) is 14.2. The van der Waals surface area contributed by atoms with Gasteiger partial charge in [-0.05, 0) is 43.0 Å². The minimum absolute atomic E-state index is 0.0124. The first-order valence-corrected chi connectivity index (χ1v) is 11.7. The normalized spacial score (nSPS) is 17.2. The van der Waals surface area contributed by atoms with Crippen LogP contribution in [0, 0.1) is 5.92 Å². The summed E-state index contributed by atoms with van der Waals surface area (Å²) in [5, 5.41) is 3.77. The van der Waals surface area contributed by atoms with Gasteiger partial charge >= 0.3 is 0 Å². The number of nitrogens with zero attached hydrogens (tertiary/aromatic N) is 3. The molecule has 0 spiro atoms. The summed E-state index contributed by atoms with van der Waals surface area (Å²) in [4.78, 5) is 26.2. The number of nitrogens with one attached hydrogen (secondary N) is 1. The average molecular weight is 473 g/mol. The number of carbonyl (C=O) groups is 1. The fourth-order valence-electron chi connectivity index (χ4n) is 3.31. The highest BCUT2D eigenvalue weighted by atomic mass is 35.5. The highest BCUT2D eigenvalue weighted by molar-refractivity contribution is 7.89. The predicted molar refractivity (Wildman–Crippen MR) is 115 cm³/mol. The maximum Gasteiger partial charge on any atom is 0.291 e. The van der Waals surface area contributed by atoms with Crippen LogP contribution in [-0.2, 0) is 14.8 Å². The summed E-state index contributed by atoms with van der Waals surface area (Å²) < 4.78 is 28.5. The van der Waals surface area contributed by atoms with Gasteiger partial charge in [0.15, 0.2) is 0 Å². The van der Waals surface area contributed by atoms with Gasteiger partial charge in [-0.1, -0.05) is 30.1 Å². The summed E-state index contributed by atoms with van der Waals surface area (Å²) in [5.74, 6) is 0.417. The Morgan fingerprint density at radius 3 is 2.63 bits per heavy atom. The highest BCUT2D eigenvalue weighted by Gasteiger charge is 2.21. The van der Waals surface area contributed by atoms with Crippen molar-refractivity contribution in [1.29, 1.82) is 0 Å². The van der Waals surface area contributed by atoms with Gasteiger partial charge in [0.1, 0.15) is 5.02 Å². The molecule has 8 nitrogen and oxygen atoms in total. The second-order valence-electron chi connectivity index (χ2n) is 7.25. The lowest BCUT2D eigenvalue weighted by molar-refractivity contribution is -0.132. The third-order valence-corrected chi connectivity index (χ3v) is 7.13. The molecular formula is C19H22Cl2N4O4S. The van der Waals surface area contributed by atoms with Crippen molar-refractivity contribution in [3.8, 4) is 5.69 Å². The summed E-state index contributed by atoms with van der Waals surface area (Å²) in [6.45, 7) is 3.56. The van der Waals surface area contributed by atoms with Crippen LogP contribution in [0.4, 0.5) is 0 Å². The molecule has 1 N–H and O–H groups in total. The van der Waals surface area contributed by atoms with E-state index in [1.807, 2.05) is 0 Å². The van der Waals surface area contributed by atoms with Crippen molar-refractivity contribution in [2.45, 2.75) is 31.1 Å². The van der Waals surface area contributed by atoms with Gasteiger partial charge in [-0.2, -0.15) is 9.78 Å². The van der Waals surface area contributed by atoms with E-state index < -0.39 is 15.6 Å². The lowest BCUT2D eigenvalue weighted by Gasteiger charge is -2.31. The number of rotatable bonds is 6. The van der Waals surface area contributed by atoms with Crippen molar-refractivity contribution in [2.75, 3.05) is 19.6 Å². The Hall–Kier alpha value is -1.94. The second-order valence-corrected chi connectivity index (χ2v) is 9.80. The average Bonchev–Trinajstić information content (AvgIpc) is 2.72. The Kier molecular flexibility index (Phi) is 7.18. The van der Waals surface area contributed by atoms with Crippen molar-refractivity contribution >= 4 is 39.1 Å². The van der Waals surface area contributed by atoms with Crippen LogP contribution in [0.2, 0.25) is 10.0 Å². The molecule has 2 aromatic rings. The van der Waals surface area contributed by atoms with Crippen LogP contribution in [0.1, 0.15) is 26.2 Å². The fraction of sp³-hybridized carbons (Fsp3) is 0.421. The van der Waals surface area contributed by atoms with Gasteiger partial charge in [-0.15, -0.1) is 0 Å². The van der Waals surface area contributed by atoms with Gasteiger partial charge in [0.25, 0.3) is 5.56 Å². The number of halogens is 2. The van der Waals surface area contributed by atoms with Crippen LogP contribution in [0.25, 0.3) is 5.69 Å². The van der Waals surface area contributed by atoms with E-state index in [1.165, 1.54) is 30.5 Å². The van der Waals surface area contributed by atoms with Crippen LogP contribution < -0.4 is 10.3 Å². The van der Waals surface area contributed by atoms with Crippen LogP contribution in [0.15, 0.2) is 40.2 Å². The molecule has 0 aliphatic carbocycles. The van der Waals surface area contributed by atoms with Gasteiger partial charge in [-0.3, -0.25) is 9.59 Å². The second kappa shape index (κ2) is 9.47. The number of hydrogen-bond donors (Lipinski definition) is 1. The van der Waals surface area contributed by atoms with E-state index in [4.69, 9.17) is 23.2 Å². The molecule has 1 aliphatic rings. The summed E-state index contributed by atoms with van der Waals surface area (Å²) in [5.41, 5.74) is -0.268. The number of amides is 1. The van der Waals surface area contributed by atoms with Gasteiger partial charge in [0.05, 0.1) is 21.8 Å². The number of sulfonamides is 1. The Morgan fingerprint density at radius 1 is 1.27 bits per heavy atom. The van der Waals surface area contributed by atoms with Gasteiger partial charge in [0, 0.05) is 26.1 Å². The molecule has 1 amide bonds. The van der Waals surface area contributed by atoms with Gasteiger partial charge in [-0.25, -0.2) is 13.1 Å². The molecule has 1 fully saturated rings. The third kappa shape index (κ3) is 5.21. The molecule has 1 unspecified atom stereocenters. The van der Waals surface area contributed by atoms with Gasteiger partial charge in [0.2, 0.25) is 15.9 Å². The number of hydrogen-bond acceptors (Lipinski definition) is 5. The molecule has 3 rings (SSSR count). The first kappa shape index (κ1) is 22.7. The summed E-state index contributed by atoms with van der Waals surface area (Å²) in [6, 6.07) is 5.58. The molecular weight excluding hydrogens is 451 g/mol. The maximum atomic E-state index is 12.5. The van der Waals surface area contributed by atoms with E-state index in [2.05, 4.69) is 16.7 Å². The van der Waals surface area contributed by atoms with E-state index >= 15 is 0 Å². The van der Waals surface area contributed by atoms with Crippen LogP contribution in [0.5, 0.6) is 0 Å².